The maximum atomic E-state index is 11.2. The van der Waals surface area contributed by atoms with E-state index in [2.05, 4.69) is 4.90 Å². The Balaban J connectivity index is 2.05. The number of carbonyl (C=O) groups excluding carboxylic acids is 1. The van der Waals surface area contributed by atoms with Crippen molar-refractivity contribution in [3.8, 4) is 17.2 Å². The molecule has 1 unspecified atom stereocenters. The van der Waals surface area contributed by atoms with E-state index in [-0.39, 0.29) is 24.4 Å². The molecular formula is C17H21NO5. The molecule has 6 heteroatoms. The number of ether oxygens (including phenoxy) is 3. The number of nitrogens with zero attached hydrogens (tertiary/aromatic N) is 1. The van der Waals surface area contributed by atoms with Gasteiger partial charge >= 0.3 is 0 Å². The van der Waals surface area contributed by atoms with Crippen molar-refractivity contribution in [3.05, 3.63) is 29.0 Å². The molecule has 1 aromatic carbocycles. The van der Waals surface area contributed by atoms with Crippen LogP contribution >= 0.6 is 0 Å². The lowest BCUT2D eigenvalue weighted by molar-refractivity contribution is -0.112. The lowest BCUT2D eigenvalue weighted by Crippen LogP contribution is -2.33. The van der Waals surface area contributed by atoms with Crippen molar-refractivity contribution in [2.24, 2.45) is 0 Å². The number of aliphatic hydroxyl groups is 1. The Kier molecular flexibility index (Phi) is 4.17. The Hall–Kier alpha value is -2.21. The van der Waals surface area contributed by atoms with Gasteiger partial charge in [-0.3, -0.25) is 9.69 Å². The Bertz CT molecular complexity index is 667. The van der Waals surface area contributed by atoms with Crippen LogP contribution in [0.15, 0.2) is 17.9 Å². The molecule has 6 nitrogen and oxygen atoms in total. The number of rotatable bonds is 4. The largest absolute Gasteiger partial charge is 0.512 e. The number of carbonyl (C=O) groups is 1. The molecule has 0 aromatic heterocycles. The van der Waals surface area contributed by atoms with Crippen LogP contribution in [0.2, 0.25) is 0 Å². The van der Waals surface area contributed by atoms with Crippen molar-refractivity contribution in [2.75, 3.05) is 27.5 Å². The van der Waals surface area contributed by atoms with E-state index in [1.807, 2.05) is 13.1 Å². The standard InChI is InChI=1S/C17H21NO5/c1-10(19)6-12(20)8-13-15-11(4-5-18(13)2)7-14-16(17(15)21-3)23-9-22-14/h6-7,13,20H,4-5,8-9H2,1-3H3. The molecule has 23 heavy (non-hydrogen) atoms. The number of benzene rings is 1. The van der Waals surface area contributed by atoms with Crippen molar-refractivity contribution in [1.29, 1.82) is 0 Å². The summed E-state index contributed by atoms with van der Waals surface area (Å²) in [6.07, 6.45) is 2.48. The lowest BCUT2D eigenvalue weighted by atomic mass is 9.89. The van der Waals surface area contributed by atoms with E-state index in [1.165, 1.54) is 13.0 Å². The minimum absolute atomic E-state index is 0.0712. The topological polar surface area (TPSA) is 68.2 Å². The third-order valence-corrected chi connectivity index (χ3v) is 4.32. The molecule has 0 spiro atoms. The Morgan fingerprint density at radius 1 is 1.52 bits per heavy atom. The van der Waals surface area contributed by atoms with Gasteiger partial charge in [-0.25, -0.2) is 0 Å². The molecule has 0 radical (unpaired) electrons. The van der Waals surface area contributed by atoms with Gasteiger partial charge in [-0.1, -0.05) is 0 Å². The van der Waals surface area contributed by atoms with Gasteiger partial charge in [-0.05, 0) is 32.0 Å². The molecule has 2 aliphatic heterocycles. The molecule has 0 bridgehead atoms. The molecule has 0 amide bonds. The Labute approximate surface area is 135 Å². The first-order valence-corrected chi connectivity index (χ1v) is 7.61. The average Bonchev–Trinajstić information content (AvgIpc) is 2.95. The summed E-state index contributed by atoms with van der Waals surface area (Å²) in [4.78, 5) is 13.3. The maximum Gasteiger partial charge on any atom is 0.231 e. The highest BCUT2D eigenvalue weighted by atomic mass is 16.7. The average molecular weight is 319 g/mol. The number of hydrogen-bond donors (Lipinski definition) is 1. The predicted molar refractivity (Wildman–Crippen MR) is 84.2 cm³/mol. The van der Waals surface area contributed by atoms with Gasteiger partial charge in [-0.2, -0.15) is 0 Å². The molecule has 124 valence electrons. The van der Waals surface area contributed by atoms with Gasteiger partial charge < -0.3 is 19.3 Å². The van der Waals surface area contributed by atoms with Gasteiger partial charge in [-0.15, -0.1) is 0 Å². The van der Waals surface area contributed by atoms with Gasteiger partial charge in [0.2, 0.25) is 12.5 Å². The highest BCUT2D eigenvalue weighted by Gasteiger charge is 2.34. The second-order valence-corrected chi connectivity index (χ2v) is 5.91. The molecule has 0 saturated carbocycles. The van der Waals surface area contributed by atoms with Crippen LogP contribution in [-0.4, -0.2) is 43.3 Å². The number of aliphatic hydroxyl groups excluding tert-OH is 1. The van der Waals surface area contributed by atoms with E-state index >= 15 is 0 Å². The molecule has 3 rings (SSSR count). The molecule has 0 fully saturated rings. The third-order valence-electron chi connectivity index (χ3n) is 4.32. The van der Waals surface area contributed by atoms with Crippen LogP contribution in [0.25, 0.3) is 0 Å². The van der Waals surface area contributed by atoms with Crippen molar-refractivity contribution in [3.63, 3.8) is 0 Å². The summed E-state index contributed by atoms with van der Waals surface area (Å²) in [6, 6.07) is 1.91. The molecule has 1 aromatic rings. The smallest absolute Gasteiger partial charge is 0.231 e. The fourth-order valence-corrected chi connectivity index (χ4v) is 3.27. The monoisotopic (exact) mass is 319 g/mol. The van der Waals surface area contributed by atoms with Crippen LogP contribution in [0.1, 0.15) is 30.5 Å². The Morgan fingerprint density at radius 2 is 2.30 bits per heavy atom. The summed E-state index contributed by atoms with van der Waals surface area (Å²) in [5, 5.41) is 10.1. The van der Waals surface area contributed by atoms with Crippen LogP contribution in [0, 0.1) is 0 Å². The minimum atomic E-state index is -0.168. The molecule has 0 saturated heterocycles. The summed E-state index contributed by atoms with van der Waals surface area (Å²) in [7, 11) is 3.60. The van der Waals surface area contributed by atoms with E-state index in [1.54, 1.807) is 7.11 Å². The quantitative estimate of drug-likeness (QED) is 0.679. The second-order valence-electron chi connectivity index (χ2n) is 5.91. The first-order valence-electron chi connectivity index (χ1n) is 7.61. The fourth-order valence-electron chi connectivity index (χ4n) is 3.27. The number of methoxy groups -OCH3 is 1. The van der Waals surface area contributed by atoms with Crippen molar-refractivity contribution in [2.45, 2.75) is 25.8 Å². The molecule has 1 N–H and O–H groups in total. The van der Waals surface area contributed by atoms with Crippen LogP contribution < -0.4 is 14.2 Å². The number of likely N-dealkylation sites (N-methyl/N-ethyl adjacent to an activating group) is 1. The molecular weight excluding hydrogens is 298 g/mol. The fraction of sp³-hybridized carbons (Fsp3) is 0.471. The van der Waals surface area contributed by atoms with E-state index in [0.29, 0.717) is 23.7 Å². The van der Waals surface area contributed by atoms with E-state index < -0.39 is 0 Å². The number of hydrogen-bond acceptors (Lipinski definition) is 6. The number of allylic oxidation sites excluding steroid dienone is 1. The van der Waals surface area contributed by atoms with Crippen LogP contribution in [0.3, 0.4) is 0 Å². The molecule has 2 aliphatic rings. The molecule has 2 heterocycles. The zero-order valence-electron chi connectivity index (χ0n) is 13.6. The lowest BCUT2D eigenvalue weighted by Gasteiger charge is -2.35. The van der Waals surface area contributed by atoms with Crippen LogP contribution in [0.4, 0.5) is 0 Å². The van der Waals surface area contributed by atoms with E-state index in [9.17, 15) is 9.90 Å². The summed E-state index contributed by atoms with van der Waals surface area (Å²) in [5.74, 6) is 1.87. The molecule has 0 aliphatic carbocycles. The van der Waals surface area contributed by atoms with Crippen molar-refractivity contribution >= 4 is 5.78 Å². The summed E-state index contributed by atoms with van der Waals surface area (Å²) >= 11 is 0. The van der Waals surface area contributed by atoms with Gasteiger partial charge in [0.15, 0.2) is 17.3 Å². The maximum absolute atomic E-state index is 11.2. The highest BCUT2D eigenvalue weighted by molar-refractivity contribution is 5.87. The third kappa shape index (κ3) is 2.86. The van der Waals surface area contributed by atoms with Crippen LogP contribution in [-0.2, 0) is 11.2 Å². The van der Waals surface area contributed by atoms with E-state index in [4.69, 9.17) is 14.2 Å². The van der Waals surface area contributed by atoms with Crippen LogP contribution in [0.5, 0.6) is 17.2 Å². The summed E-state index contributed by atoms with van der Waals surface area (Å²) in [5.41, 5.74) is 2.12. The van der Waals surface area contributed by atoms with E-state index in [0.717, 1.165) is 24.1 Å². The second kappa shape index (κ2) is 6.12. The normalized spacial score (nSPS) is 20.3. The molecule has 1 atom stereocenters. The van der Waals surface area contributed by atoms with Crippen molar-refractivity contribution in [1.82, 2.24) is 4.90 Å². The zero-order valence-corrected chi connectivity index (χ0v) is 13.6. The summed E-state index contributed by atoms with van der Waals surface area (Å²) < 4.78 is 16.6. The minimum Gasteiger partial charge on any atom is -0.512 e. The van der Waals surface area contributed by atoms with Crippen molar-refractivity contribution < 1.29 is 24.1 Å². The predicted octanol–water partition coefficient (Wildman–Crippen LogP) is 2.37. The highest BCUT2D eigenvalue weighted by Crippen LogP contribution is 2.50. The first-order chi connectivity index (χ1) is 11.0. The van der Waals surface area contributed by atoms with Gasteiger partial charge in [0, 0.05) is 30.6 Å². The summed E-state index contributed by atoms with van der Waals surface area (Å²) in [6.45, 7) is 2.46. The zero-order chi connectivity index (χ0) is 16.6. The number of ketones is 1. The van der Waals surface area contributed by atoms with Gasteiger partial charge in [0.25, 0.3) is 0 Å². The van der Waals surface area contributed by atoms with Gasteiger partial charge in [0.1, 0.15) is 0 Å². The van der Waals surface area contributed by atoms with Gasteiger partial charge in [0.05, 0.1) is 12.9 Å². The number of fused-ring (bicyclic) bond motifs is 2. The SMILES string of the molecule is COc1c2c(cc3c1C(CC(O)=CC(C)=O)N(C)CC3)OCO2. The Morgan fingerprint density at radius 3 is 3.00 bits per heavy atom. The first kappa shape index (κ1) is 15.7.